The minimum atomic E-state index is -0.580. The van der Waals surface area contributed by atoms with Gasteiger partial charge >= 0.3 is 0 Å². The van der Waals surface area contributed by atoms with Crippen LogP contribution in [0.25, 0.3) is 0 Å². The van der Waals surface area contributed by atoms with E-state index in [9.17, 15) is 10.1 Å². The molecule has 2 heterocycles. The van der Waals surface area contributed by atoms with Crippen molar-refractivity contribution in [1.82, 2.24) is 9.88 Å². The number of carbonyl (C=O) groups is 1. The second kappa shape index (κ2) is 7.79. The van der Waals surface area contributed by atoms with Gasteiger partial charge < -0.3 is 15.5 Å². The third-order valence-electron chi connectivity index (χ3n) is 3.92. The number of thiazole rings is 1. The van der Waals surface area contributed by atoms with Crippen LogP contribution in [0.5, 0.6) is 0 Å². The molecule has 8 heteroatoms. The summed E-state index contributed by atoms with van der Waals surface area (Å²) in [5.41, 5.74) is 1.68. The van der Waals surface area contributed by atoms with Crippen molar-refractivity contribution in [3.05, 3.63) is 52.2 Å². The highest BCUT2D eigenvalue weighted by Crippen LogP contribution is 2.27. The van der Waals surface area contributed by atoms with Crippen LogP contribution < -0.4 is 10.6 Å². The number of fused-ring (bicyclic) bond motifs is 1. The summed E-state index contributed by atoms with van der Waals surface area (Å²) < 4.78 is 0. The number of para-hydroxylation sites is 1. The molecule has 0 unspecified atom stereocenters. The van der Waals surface area contributed by atoms with E-state index in [4.69, 9.17) is 5.26 Å². The molecular formula is C18H16N6OS. The second-order valence-corrected chi connectivity index (χ2v) is 6.89. The van der Waals surface area contributed by atoms with Gasteiger partial charge in [-0.3, -0.25) is 4.79 Å². The first-order valence-electron chi connectivity index (χ1n) is 7.95. The van der Waals surface area contributed by atoms with E-state index in [-0.39, 0.29) is 5.57 Å². The molecule has 0 aliphatic carbocycles. The topological polar surface area (TPSA) is 105 Å². The quantitative estimate of drug-likeness (QED) is 0.638. The number of benzene rings is 1. The lowest BCUT2D eigenvalue weighted by Gasteiger charge is -2.20. The second-order valence-electron chi connectivity index (χ2n) is 5.80. The highest BCUT2D eigenvalue weighted by atomic mass is 32.1. The molecule has 0 spiro atoms. The van der Waals surface area contributed by atoms with Crippen LogP contribution in [0.15, 0.2) is 36.0 Å². The number of amides is 1. The third kappa shape index (κ3) is 3.89. The lowest BCUT2D eigenvalue weighted by atomic mass is 10.2. The summed E-state index contributed by atoms with van der Waals surface area (Å²) in [6.07, 6.45) is 2.24. The number of rotatable bonds is 4. The molecule has 1 aromatic heterocycles. The first-order valence-corrected chi connectivity index (χ1v) is 8.76. The number of likely N-dealkylation sites (N-methyl/N-ethyl adjacent to an activating group) is 1. The van der Waals surface area contributed by atoms with Gasteiger partial charge in [0.25, 0.3) is 5.91 Å². The smallest absolute Gasteiger partial charge is 0.267 e. The van der Waals surface area contributed by atoms with Crippen LogP contribution in [-0.4, -0.2) is 29.4 Å². The maximum atomic E-state index is 12.3. The number of aromatic nitrogens is 1. The van der Waals surface area contributed by atoms with Crippen LogP contribution in [-0.2, 0) is 17.8 Å². The zero-order chi connectivity index (χ0) is 18.5. The van der Waals surface area contributed by atoms with Gasteiger partial charge in [0.15, 0.2) is 5.13 Å². The number of nitrogens with zero attached hydrogens (tertiary/aromatic N) is 4. The average molecular weight is 364 g/mol. The Bertz CT molecular complexity index is 949. The van der Waals surface area contributed by atoms with Gasteiger partial charge in [0.2, 0.25) is 0 Å². The van der Waals surface area contributed by atoms with Gasteiger partial charge in [-0.1, -0.05) is 12.1 Å². The fourth-order valence-corrected chi connectivity index (χ4v) is 3.60. The summed E-state index contributed by atoms with van der Waals surface area (Å²) in [6, 6.07) is 10.5. The number of carbonyl (C=O) groups excluding carboxylic acids is 1. The van der Waals surface area contributed by atoms with Crippen molar-refractivity contribution in [3.8, 4) is 12.1 Å². The largest absolute Gasteiger partial charge is 0.337 e. The molecule has 0 bridgehead atoms. The van der Waals surface area contributed by atoms with E-state index in [0.29, 0.717) is 16.4 Å². The number of nitrogens with one attached hydrogen (secondary N) is 2. The molecule has 3 rings (SSSR count). The Hall–Kier alpha value is -3.20. The summed E-state index contributed by atoms with van der Waals surface area (Å²) >= 11 is 1.52. The van der Waals surface area contributed by atoms with Crippen molar-refractivity contribution in [2.45, 2.75) is 13.0 Å². The SMILES string of the molecule is CN1CCc2nc(N/C=C(/C#N)C(=O)Nc3ccccc3C#N)sc2C1. The molecule has 1 aromatic carbocycles. The predicted octanol–water partition coefficient (Wildman–Crippen LogP) is 2.46. The number of nitriles is 2. The molecule has 130 valence electrons. The van der Waals surface area contributed by atoms with Gasteiger partial charge in [-0.15, -0.1) is 11.3 Å². The van der Waals surface area contributed by atoms with Crippen LogP contribution in [0.4, 0.5) is 10.8 Å². The Labute approximate surface area is 155 Å². The Balaban J connectivity index is 1.71. The van der Waals surface area contributed by atoms with Crippen molar-refractivity contribution in [1.29, 1.82) is 10.5 Å². The number of hydrogen-bond donors (Lipinski definition) is 2. The summed E-state index contributed by atoms with van der Waals surface area (Å²) in [5.74, 6) is -0.580. The van der Waals surface area contributed by atoms with Gasteiger partial charge in [-0.05, 0) is 19.2 Å². The summed E-state index contributed by atoms with van der Waals surface area (Å²) in [4.78, 5) is 20.2. The molecule has 0 fully saturated rings. The predicted molar refractivity (Wildman–Crippen MR) is 99.3 cm³/mol. The van der Waals surface area contributed by atoms with Gasteiger partial charge in [0, 0.05) is 30.6 Å². The van der Waals surface area contributed by atoms with E-state index >= 15 is 0 Å². The molecule has 0 radical (unpaired) electrons. The standard InChI is InChI=1S/C18H16N6OS/c1-24-7-6-15-16(11-24)26-18(23-15)21-10-13(9-20)17(25)22-14-5-3-2-4-12(14)8-19/h2-5,10H,6-7,11H2,1H3,(H,21,23)(H,22,25)/b13-10-. The summed E-state index contributed by atoms with van der Waals surface area (Å²) in [7, 11) is 2.06. The highest BCUT2D eigenvalue weighted by molar-refractivity contribution is 7.15. The molecule has 0 saturated carbocycles. The fourth-order valence-electron chi connectivity index (χ4n) is 2.55. The van der Waals surface area contributed by atoms with Crippen LogP contribution in [0.2, 0.25) is 0 Å². The van der Waals surface area contributed by atoms with Crippen LogP contribution in [0.1, 0.15) is 16.1 Å². The molecule has 26 heavy (non-hydrogen) atoms. The van der Waals surface area contributed by atoms with Crippen molar-refractivity contribution in [2.75, 3.05) is 24.2 Å². The van der Waals surface area contributed by atoms with Gasteiger partial charge in [0.05, 0.1) is 16.9 Å². The molecule has 0 saturated heterocycles. The van der Waals surface area contributed by atoms with E-state index in [1.165, 1.54) is 22.4 Å². The van der Waals surface area contributed by atoms with E-state index < -0.39 is 5.91 Å². The van der Waals surface area contributed by atoms with E-state index in [2.05, 4.69) is 27.6 Å². The van der Waals surface area contributed by atoms with E-state index in [1.54, 1.807) is 24.3 Å². The van der Waals surface area contributed by atoms with Crippen molar-refractivity contribution in [2.24, 2.45) is 0 Å². The normalized spacial score (nSPS) is 14.0. The number of hydrogen-bond acceptors (Lipinski definition) is 7. The molecule has 1 aliphatic rings. The lowest BCUT2D eigenvalue weighted by Crippen LogP contribution is -2.25. The number of anilines is 2. The average Bonchev–Trinajstić information content (AvgIpc) is 3.04. The first-order chi connectivity index (χ1) is 12.6. The first kappa shape index (κ1) is 17.6. The van der Waals surface area contributed by atoms with Crippen molar-refractivity contribution >= 4 is 28.1 Å². The van der Waals surface area contributed by atoms with Crippen LogP contribution in [0, 0.1) is 22.7 Å². The molecule has 0 atom stereocenters. The third-order valence-corrected chi connectivity index (χ3v) is 4.94. The minimum Gasteiger partial charge on any atom is -0.337 e. The molecule has 2 N–H and O–H groups in total. The molecule has 2 aromatic rings. The Morgan fingerprint density at radius 1 is 1.38 bits per heavy atom. The minimum absolute atomic E-state index is 0.0944. The highest BCUT2D eigenvalue weighted by Gasteiger charge is 2.18. The van der Waals surface area contributed by atoms with E-state index in [1.807, 2.05) is 12.1 Å². The Kier molecular flexibility index (Phi) is 5.28. The lowest BCUT2D eigenvalue weighted by molar-refractivity contribution is -0.112. The van der Waals surface area contributed by atoms with Gasteiger partial charge in [-0.25, -0.2) is 4.98 Å². The molecule has 1 amide bonds. The van der Waals surface area contributed by atoms with Gasteiger partial charge in [-0.2, -0.15) is 10.5 Å². The van der Waals surface area contributed by atoms with Crippen molar-refractivity contribution < 1.29 is 4.79 Å². The zero-order valence-electron chi connectivity index (χ0n) is 14.1. The van der Waals surface area contributed by atoms with Crippen LogP contribution in [0.3, 0.4) is 0 Å². The molecule has 7 nitrogen and oxygen atoms in total. The van der Waals surface area contributed by atoms with Gasteiger partial charge in [0.1, 0.15) is 17.7 Å². The Morgan fingerprint density at radius 2 is 2.19 bits per heavy atom. The maximum absolute atomic E-state index is 12.3. The maximum Gasteiger partial charge on any atom is 0.267 e. The van der Waals surface area contributed by atoms with Crippen LogP contribution >= 0.6 is 11.3 Å². The monoisotopic (exact) mass is 364 g/mol. The Morgan fingerprint density at radius 3 is 2.96 bits per heavy atom. The van der Waals surface area contributed by atoms with E-state index in [0.717, 1.165) is 25.2 Å². The summed E-state index contributed by atoms with van der Waals surface area (Å²) in [6.45, 7) is 1.82. The zero-order valence-corrected chi connectivity index (χ0v) is 14.9. The molecule has 1 aliphatic heterocycles. The fraction of sp³-hybridized carbons (Fsp3) is 0.222. The molecular weight excluding hydrogens is 348 g/mol. The summed E-state index contributed by atoms with van der Waals surface area (Å²) in [5, 5.41) is 24.5. The van der Waals surface area contributed by atoms with Crippen molar-refractivity contribution in [3.63, 3.8) is 0 Å².